The first-order chi connectivity index (χ1) is 14.3. The molecular weight excluding hydrogens is 425 g/mol. The summed E-state index contributed by atoms with van der Waals surface area (Å²) in [7, 11) is 0. The molecule has 0 aliphatic heterocycles. The van der Waals surface area contributed by atoms with E-state index in [4.69, 9.17) is 23.2 Å². The Kier molecular flexibility index (Phi) is 9.92. The summed E-state index contributed by atoms with van der Waals surface area (Å²) in [5.74, 6) is -0.615. The largest absolute Gasteiger partial charge is 0.354 e. The van der Waals surface area contributed by atoms with Gasteiger partial charge in [-0.2, -0.15) is 0 Å². The molecule has 1 aliphatic carbocycles. The van der Waals surface area contributed by atoms with E-state index < -0.39 is 11.9 Å². The van der Waals surface area contributed by atoms with E-state index in [1.165, 1.54) is 18.6 Å². The Morgan fingerprint density at radius 3 is 2.43 bits per heavy atom. The summed E-state index contributed by atoms with van der Waals surface area (Å²) in [6.45, 7) is 4.17. The van der Waals surface area contributed by atoms with Crippen molar-refractivity contribution in [2.75, 3.05) is 6.54 Å². The second-order valence-corrected chi connectivity index (χ2v) is 9.07. The molecule has 8 heteroatoms. The molecule has 0 heterocycles. The molecule has 3 amide bonds. The summed E-state index contributed by atoms with van der Waals surface area (Å²) in [6.07, 6.45) is 6.25. The SMILES string of the molecule is CC(C)CC(NC(=O)c1ccc(Cl)cc1Cl)C(=O)NCCC(=O)NC1CCCCC1. The lowest BCUT2D eigenvalue weighted by Crippen LogP contribution is -2.48. The average Bonchev–Trinajstić information content (AvgIpc) is 2.67. The molecule has 1 aliphatic rings. The van der Waals surface area contributed by atoms with Crippen molar-refractivity contribution in [3.63, 3.8) is 0 Å². The number of benzene rings is 1. The molecule has 0 bridgehead atoms. The van der Waals surface area contributed by atoms with Gasteiger partial charge in [0.1, 0.15) is 6.04 Å². The predicted octanol–water partition coefficient (Wildman–Crippen LogP) is 4.09. The highest BCUT2D eigenvalue weighted by Crippen LogP contribution is 2.21. The summed E-state index contributed by atoms with van der Waals surface area (Å²) in [5, 5.41) is 9.21. The minimum absolute atomic E-state index is 0.0559. The number of carbonyl (C=O) groups excluding carboxylic acids is 3. The zero-order valence-electron chi connectivity index (χ0n) is 17.6. The van der Waals surface area contributed by atoms with Crippen LogP contribution in [0.2, 0.25) is 10.0 Å². The van der Waals surface area contributed by atoms with E-state index in [0.29, 0.717) is 11.4 Å². The van der Waals surface area contributed by atoms with Gasteiger partial charge >= 0.3 is 0 Å². The maximum Gasteiger partial charge on any atom is 0.253 e. The van der Waals surface area contributed by atoms with Crippen molar-refractivity contribution in [2.45, 2.75) is 70.9 Å². The first-order valence-corrected chi connectivity index (χ1v) is 11.3. The van der Waals surface area contributed by atoms with Crippen molar-refractivity contribution < 1.29 is 14.4 Å². The quantitative estimate of drug-likeness (QED) is 0.523. The first-order valence-electron chi connectivity index (χ1n) is 10.6. The van der Waals surface area contributed by atoms with E-state index in [2.05, 4.69) is 16.0 Å². The molecule has 1 aromatic carbocycles. The maximum absolute atomic E-state index is 12.6. The van der Waals surface area contributed by atoms with Gasteiger partial charge in [0.15, 0.2) is 0 Å². The van der Waals surface area contributed by atoms with Gasteiger partial charge in [0, 0.05) is 24.0 Å². The van der Waals surface area contributed by atoms with Gasteiger partial charge in [-0.25, -0.2) is 0 Å². The van der Waals surface area contributed by atoms with Crippen molar-refractivity contribution >= 4 is 40.9 Å². The monoisotopic (exact) mass is 455 g/mol. The third kappa shape index (κ3) is 8.15. The highest BCUT2D eigenvalue weighted by atomic mass is 35.5. The molecule has 0 aromatic heterocycles. The van der Waals surface area contributed by atoms with Gasteiger partial charge < -0.3 is 16.0 Å². The van der Waals surface area contributed by atoms with Gasteiger partial charge in [-0.3, -0.25) is 14.4 Å². The van der Waals surface area contributed by atoms with Crippen molar-refractivity contribution in [1.29, 1.82) is 0 Å². The summed E-state index contributed by atoms with van der Waals surface area (Å²) < 4.78 is 0. The van der Waals surface area contributed by atoms with Crippen LogP contribution in [0.15, 0.2) is 18.2 Å². The van der Waals surface area contributed by atoms with Gasteiger partial charge in [0.2, 0.25) is 11.8 Å². The Hall–Kier alpha value is -1.79. The second kappa shape index (κ2) is 12.2. The minimum atomic E-state index is -0.717. The molecule has 6 nitrogen and oxygen atoms in total. The van der Waals surface area contributed by atoms with Crippen LogP contribution >= 0.6 is 23.2 Å². The van der Waals surface area contributed by atoms with Crippen LogP contribution in [0.5, 0.6) is 0 Å². The number of hydrogen-bond donors (Lipinski definition) is 3. The molecule has 0 spiro atoms. The van der Waals surface area contributed by atoms with Gasteiger partial charge in [0.05, 0.1) is 10.6 Å². The van der Waals surface area contributed by atoms with Crippen LogP contribution in [0.3, 0.4) is 0 Å². The summed E-state index contributed by atoms with van der Waals surface area (Å²) in [6, 6.07) is 4.12. The molecule has 1 atom stereocenters. The lowest BCUT2D eigenvalue weighted by Gasteiger charge is -2.23. The van der Waals surface area contributed by atoms with Crippen LogP contribution in [0.4, 0.5) is 0 Å². The summed E-state index contributed by atoms with van der Waals surface area (Å²) in [5.41, 5.74) is 0.259. The van der Waals surface area contributed by atoms with Gasteiger partial charge in [-0.05, 0) is 43.4 Å². The fourth-order valence-electron chi connectivity index (χ4n) is 3.58. The molecule has 1 aromatic rings. The van der Waals surface area contributed by atoms with Crippen LogP contribution in [0, 0.1) is 5.92 Å². The molecule has 1 fully saturated rings. The Morgan fingerprint density at radius 1 is 1.10 bits per heavy atom. The number of rotatable bonds is 9. The highest BCUT2D eigenvalue weighted by molar-refractivity contribution is 6.36. The zero-order valence-corrected chi connectivity index (χ0v) is 19.1. The smallest absolute Gasteiger partial charge is 0.253 e. The van der Waals surface area contributed by atoms with Crippen LogP contribution in [-0.4, -0.2) is 36.3 Å². The molecule has 0 radical (unpaired) electrons. The average molecular weight is 456 g/mol. The molecule has 166 valence electrons. The van der Waals surface area contributed by atoms with Crippen LogP contribution in [0.25, 0.3) is 0 Å². The number of carbonyl (C=O) groups is 3. The van der Waals surface area contributed by atoms with Crippen molar-refractivity contribution in [1.82, 2.24) is 16.0 Å². The molecule has 0 saturated heterocycles. The normalized spacial score (nSPS) is 15.5. The predicted molar refractivity (Wildman–Crippen MR) is 120 cm³/mol. The molecular formula is C22H31Cl2N3O3. The molecule has 30 heavy (non-hydrogen) atoms. The Morgan fingerprint density at radius 2 is 1.80 bits per heavy atom. The van der Waals surface area contributed by atoms with E-state index in [1.807, 2.05) is 13.8 Å². The first kappa shape index (κ1) is 24.5. The lowest BCUT2D eigenvalue weighted by molar-refractivity contribution is -0.124. The Bertz CT molecular complexity index is 749. The van der Waals surface area contributed by atoms with E-state index in [-0.39, 0.29) is 47.3 Å². The summed E-state index contributed by atoms with van der Waals surface area (Å²) >= 11 is 12.0. The standard InChI is InChI=1S/C22H31Cl2N3O3/c1-14(2)12-19(27-21(29)17-9-8-15(23)13-18(17)24)22(30)25-11-10-20(28)26-16-6-4-3-5-7-16/h8-9,13-14,16,19H,3-7,10-12H2,1-2H3,(H,25,30)(H,26,28)(H,27,29). The number of amides is 3. The molecule has 3 N–H and O–H groups in total. The maximum atomic E-state index is 12.6. The highest BCUT2D eigenvalue weighted by Gasteiger charge is 2.24. The van der Waals surface area contributed by atoms with Crippen molar-refractivity contribution in [2.24, 2.45) is 5.92 Å². The summed E-state index contributed by atoms with van der Waals surface area (Å²) in [4.78, 5) is 37.3. The van der Waals surface area contributed by atoms with Gasteiger partial charge in [-0.15, -0.1) is 0 Å². The minimum Gasteiger partial charge on any atom is -0.354 e. The van der Waals surface area contributed by atoms with Crippen molar-refractivity contribution in [3.8, 4) is 0 Å². The fraction of sp³-hybridized carbons (Fsp3) is 0.591. The Labute approximate surface area is 188 Å². The fourth-order valence-corrected chi connectivity index (χ4v) is 4.08. The molecule has 1 saturated carbocycles. The zero-order chi connectivity index (χ0) is 22.1. The topological polar surface area (TPSA) is 87.3 Å². The van der Waals surface area contributed by atoms with E-state index >= 15 is 0 Å². The second-order valence-electron chi connectivity index (χ2n) is 8.22. The van der Waals surface area contributed by atoms with Crippen LogP contribution in [-0.2, 0) is 9.59 Å². The van der Waals surface area contributed by atoms with Crippen molar-refractivity contribution in [3.05, 3.63) is 33.8 Å². The van der Waals surface area contributed by atoms with Crippen LogP contribution < -0.4 is 16.0 Å². The number of nitrogens with one attached hydrogen (secondary N) is 3. The number of hydrogen-bond acceptors (Lipinski definition) is 3. The third-order valence-electron chi connectivity index (χ3n) is 5.13. The molecule has 1 unspecified atom stereocenters. The van der Waals surface area contributed by atoms with Gasteiger partial charge in [0.25, 0.3) is 5.91 Å². The lowest BCUT2D eigenvalue weighted by atomic mass is 9.95. The molecule has 2 rings (SSSR count). The number of halogens is 2. The van der Waals surface area contributed by atoms with E-state index in [0.717, 1.165) is 25.7 Å². The van der Waals surface area contributed by atoms with Crippen LogP contribution in [0.1, 0.15) is 69.2 Å². The van der Waals surface area contributed by atoms with Gasteiger partial charge in [-0.1, -0.05) is 56.3 Å². The van der Waals surface area contributed by atoms with E-state index in [1.54, 1.807) is 6.07 Å². The third-order valence-corrected chi connectivity index (χ3v) is 5.67. The Balaban J connectivity index is 1.86. The van der Waals surface area contributed by atoms with E-state index in [9.17, 15) is 14.4 Å².